The van der Waals surface area contributed by atoms with E-state index in [9.17, 15) is 13.2 Å². The highest BCUT2D eigenvalue weighted by atomic mass is 19.3. The number of ether oxygens (including phenoxy) is 1. The van der Waals surface area contributed by atoms with Crippen molar-refractivity contribution < 1.29 is 23.0 Å². The van der Waals surface area contributed by atoms with E-state index in [2.05, 4.69) is 9.72 Å². The molecule has 0 fully saturated rings. The molecule has 0 saturated carbocycles. The van der Waals surface area contributed by atoms with Crippen LogP contribution in [-0.2, 0) is 6.61 Å². The zero-order valence-electron chi connectivity index (χ0n) is 7.30. The Hall–Kier alpha value is -1.30. The molecule has 1 heterocycles. The molecule has 1 aromatic heterocycles. The van der Waals surface area contributed by atoms with Gasteiger partial charge in [0.1, 0.15) is 5.82 Å². The van der Waals surface area contributed by atoms with Crippen molar-refractivity contribution >= 4 is 0 Å². The Kier molecular flexibility index (Phi) is 3.29. The Morgan fingerprint density at radius 1 is 1.57 bits per heavy atom. The summed E-state index contributed by atoms with van der Waals surface area (Å²) < 4.78 is 42.3. The van der Waals surface area contributed by atoms with Crippen LogP contribution in [0.15, 0.2) is 6.20 Å². The van der Waals surface area contributed by atoms with Gasteiger partial charge in [0, 0.05) is 5.56 Å². The van der Waals surface area contributed by atoms with Crippen molar-refractivity contribution in [1.29, 1.82) is 0 Å². The van der Waals surface area contributed by atoms with Crippen molar-refractivity contribution in [2.24, 2.45) is 0 Å². The monoisotopic (exact) mass is 207 g/mol. The van der Waals surface area contributed by atoms with E-state index in [0.29, 0.717) is 0 Å². The largest absolute Gasteiger partial charge is 0.481 e. The van der Waals surface area contributed by atoms with Crippen LogP contribution in [0, 0.1) is 5.82 Å². The van der Waals surface area contributed by atoms with E-state index < -0.39 is 30.0 Å². The molecule has 78 valence electrons. The highest BCUT2D eigenvalue weighted by Crippen LogP contribution is 2.31. The van der Waals surface area contributed by atoms with Gasteiger partial charge in [0.25, 0.3) is 6.43 Å². The predicted molar refractivity (Wildman–Crippen MR) is 41.6 cm³/mol. The van der Waals surface area contributed by atoms with Crippen LogP contribution in [0.25, 0.3) is 0 Å². The van der Waals surface area contributed by atoms with Gasteiger partial charge in [-0.2, -0.15) is 0 Å². The van der Waals surface area contributed by atoms with Crippen molar-refractivity contribution in [2.45, 2.75) is 13.0 Å². The number of aliphatic hydroxyl groups excluding tert-OH is 1. The molecule has 0 aliphatic rings. The van der Waals surface area contributed by atoms with Gasteiger partial charge in [-0.3, -0.25) is 0 Å². The number of nitrogens with zero attached hydrogens (tertiary/aromatic N) is 1. The maximum absolute atomic E-state index is 12.9. The van der Waals surface area contributed by atoms with Gasteiger partial charge >= 0.3 is 0 Å². The number of hydrogen-bond acceptors (Lipinski definition) is 3. The highest BCUT2D eigenvalue weighted by molar-refractivity contribution is 5.36. The molecular formula is C8H8F3NO2. The molecule has 1 rings (SSSR count). The summed E-state index contributed by atoms with van der Waals surface area (Å²) in [4.78, 5) is 3.34. The molecule has 0 unspecified atom stereocenters. The minimum atomic E-state index is -2.93. The molecule has 1 N–H and O–H groups in total. The average Bonchev–Trinajstić information content (AvgIpc) is 2.17. The Balaban J connectivity index is 3.36. The van der Waals surface area contributed by atoms with Gasteiger partial charge in [-0.25, -0.2) is 18.2 Å². The Bertz CT molecular complexity index is 331. The fourth-order valence-electron chi connectivity index (χ4n) is 1.07. The van der Waals surface area contributed by atoms with Crippen LogP contribution in [0.3, 0.4) is 0 Å². The van der Waals surface area contributed by atoms with E-state index in [4.69, 9.17) is 5.11 Å². The predicted octanol–water partition coefficient (Wildman–Crippen LogP) is 1.66. The van der Waals surface area contributed by atoms with Crippen LogP contribution in [0.1, 0.15) is 17.6 Å². The minimum absolute atomic E-state index is 0.370. The van der Waals surface area contributed by atoms with Crippen molar-refractivity contribution in [3.8, 4) is 5.88 Å². The number of aliphatic hydroxyl groups is 1. The molecule has 0 radical (unpaired) electrons. The summed E-state index contributed by atoms with van der Waals surface area (Å²) in [5.41, 5.74) is -1.18. The van der Waals surface area contributed by atoms with E-state index >= 15 is 0 Å². The van der Waals surface area contributed by atoms with Crippen LogP contribution in [0.2, 0.25) is 0 Å². The van der Waals surface area contributed by atoms with Gasteiger partial charge in [0.15, 0.2) is 0 Å². The second-order valence-electron chi connectivity index (χ2n) is 2.47. The van der Waals surface area contributed by atoms with Crippen LogP contribution in [0.5, 0.6) is 5.88 Å². The van der Waals surface area contributed by atoms with Gasteiger partial charge in [-0.15, -0.1) is 0 Å². The number of methoxy groups -OCH3 is 1. The smallest absolute Gasteiger partial charge is 0.269 e. The lowest BCUT2D eigenvalue weighted by atomic mass is 10.1. The molecule has 1 aromatic rings. The van der Waals surface area contributed by atoms with E-state index in [-0.39, 0.29) is 5.88 Å². The lowest BCUT2D eigenvalue weighted by Crippen LogP contribution is -2.04. The number of alkyl halides is 2. The number of hydrogen-bond donors (Lipinski definition) is 1. The van der Waals surface area contributed by atoms with Gasteiger partial charge in [0.2, 0.25) is 5.88 Å². The molecule has 6 heteroatoms. The zero-order valence-corrected chi connectivity index (χ0v) is 7.30. The number of rotatable bonds is 3. The lowest BCUT2D eigenvalue weighted by Gasteiger charge is -2.10. The van der Waals surface area contributed by atoms with Gasteiger partial charge in [-0.1, -0.05) is 0 Å². The first kappa shape index (κ1) is 10.8. The third-order valence-electron chi connectivity index (χ3n) is 1.71. The van der Waals surface area contributed by atoms with Gasteiger partial charge in [0.05, 0.1) is 25.5 Å². The molecule has 0 spiro atoms. The van der Waals surface area contributed by atoms with E-state index in [1.807, 2.05) is 0 Å². The first-order valence-electron chi connectivity index (χ1n) is 3.72. The van der Waals surface area contributed by atoms with E-state index in [0.717, 1.165) is 13.3 Å². The number of pyridine rings is 1. The molecule has 0 atom stereocenters. The summed E-state index contributed by atoms with van der Waals surface area (Å²) in [6.45, 7) is -0.815. The fraction of sp³-hybridized carbons (Fsp3) is 0.375. The lowest BCUT2D eigenvalue weighted by molar-refractivity contribution is 0.140. The summed E-state index contributed by atoms with van der Waals surface area (Å²) in [5, 5.41) is 8.71. The maximum Gasteiger partial charge on any atom is 0.269 e. The summed E-state index contributed by atoms with van der Waals surface area (Å²) in [5.74, 6) is -1.34. The summed E-state index contributed by atoms with van der Waals surface area (Å²) >= 11 is 0. The first-order valence-corrected chi connectivity index (χ1v) is 3.72. The Labute approximate surface area is 78.2 Å². The Morgan fingerprint density at radius 2 is 2.21 bits per heavy atom. The molecular weight excluding hydrogens is 199 g/mol. The molecule has 0 aliphatic heterocycles. The van der Waals surface area contributed by atoms with Crippen molar-refractivity contribution in [2.75, 3.05) is 7.11 Å². The molecule has 14 heavy (non-hydrogen) atoms. The second-order valence-corrected chi connectivity index (χ2v) is 2.47. The molecule has 3 nitrogen and oxygen atoms in total. The van der Waals surface area contributed by atoms with Gasteiger partial charge in [-0.05, 0) is 0 Å². The second kappa shape index (κ2) is 4.28. The fourth-order valence-corrected chi connectivity index (χ4v) is 1.07. The third-order valence-corrected chi connectivity index (χ3v) is 1.71. The normalized spacial score (nSPS) is 10.7. The van der Waals surface area contributed by atoms with Crippen molar-refractivity contribution in [3.05, 3.63) is 23.1 Å². The van der Waals surface area contributed by atoms with Crippen LogP contribution >= 0.6 is 0 Å². The summed E-state index contributed by atoms with van der Waals surface area (Å²) in [6, 6.07) is 0. The van der Waals surface area contributed by atoms with Crippen LogP contribution < -0.4 is 4.74 Å². The number of halogens is 3. The average molecular weight is 207 g/mol. The third kappa shape index (κ3) is 1.79. The van der Waals surface area contributed by atoms with E-state index in [1.54, 1.807) is 0 Å². The minimum Gasteiger partial charge on any atom is -0.481 e. The quantitative estimate of drug-likeness (QED) is 0.819. The highest BCUT2D eigenvalue weighted by Gasteiger charge is 2.22. The molecule has 0 aliphatic carbocycles. The topological polar surface area (TPSA) is 42.4 Å². The number of aromatic nitrogens is 1. The molecule has 0 saturated heterocycles. The first-order chi connectivity index (χ1) is 6.61. The standard InChI is InChI=1S/C8H8F3NO2/c1-14-8-6(7(10)11)4(3-13)5(9)2-12-8/h2,7,13H,3H2,1H3. The zero-order chi connectivity index (χ0) is 10.7. The van der Waals surface area contributed by atoms with Crippen LogP contribution in [0.4, 0.5) is 13.2 Å². The maximum atomic E-state index is 12.9. The molecule has 0 bridgehead atoms. The Morgan fingerprint density at radius 3 is 2.64 bits per heavy atom. The van der Waals surface area contributed by atoms with Crippen LogP contribution in [-0.4, -0.2) is 17.2 Å². The van der Waals surface area contributed by atoms with Crippen molar-refractivity contribution in [1.82, 2.24) is 4.98 Å². The van der Waals surface area contributed by atoms with Crippen molar-refractivity contribution in [3.63, 3.8) is 0 Å². The summed E-state index contributed by atoms with van der Waals surface area (Å²) in [6.07, 6.45) is -2.20. The SMILES string of the molecule is COc1ncc(F)c(CO)c1C(F)F. The molecule has 0 aromatic carbocycles. The molecule has 0 amide bonds. The van der Waals surface area contributed by atoms with Gasteiger partial charge < -0.3 is 9.84 Å². The van der Waals surface area contributed by atoms with E-state index in [1.165, 1.54) is 0 Å². The summed E-state index contributed by atoms with van der Waals surface area (Å²) in [7, 11) is 1.15.